The van der Waals surface area contributed by atoms with Gasteiger partial charge in [-0.05, 0) is 18.1 Å². The average Bonchev–Trinajstić information content (AvgIpc) is 3.09. The molecule has 1 fully saturated rings. The van der Waals surface area contributed by atoms with Crippen molar-refractivity contribution in [3.63, 3.8) is 0 Å². The molecule has 27 heavy (non-hydrogen) atoms. The van der Waals surface area contributed by atoms with Gasteiger partial charge in [0, 0.05) is 18.3 Å². The van der Waals surface area contributed by atoms with Crippen LogP contribution in [0.1, 0.15) is 18.7 Å². The summed E-state index contributed by atoms with van der Waals surface area (Å²) in [4.78, 5) is 8.80. The Hall–Kier alpha value is -2.52. The molecule has 0 spiro atoms. The molecule has 4 heterocycles. The fourth-order valence-corrected chi connectivity index (χ4v) is 4.11. The van der Waals surface area contributed by atoms with Crippen molar-refractivity contribution in [1.29, 1.82) is 0 Å². The number of nitrogens with one attached hydrogen (secondary N) is 1. The molecule has 5 rings (SSSR count). The first kappa shape index (κ1) is 16.6. The quantitative estimate of drug-likeness (QED) is 0.534. The zero-order chi connectivity index (χ0) is 18.8. The average molecular weight is 368 g/mol. The molecule has 2 aromatic heterocycles. The number of hydrogen-bond acceptors (Lipinski definition) is 7. The first-order valence-corrected chi connectivity index (χ1v) is 8.87. The van der Waals surface area contributed by atoms with Crippen LogP contribution < -0.4 is 5.32 Å². The van der Waals surface area contributed by atoms with Gasteiger partial charge < -0.3 is 29.9 Å². The van der Waals surface area contributed by atoms with Gasteiger partial charge in [0.2, 0.25) is 0 Å². The van der Waals surface area contributed by atoms with E-state index in [1.807, 2.05) is 24.4 Å². The van der Waals surface area contributed by atoms with Gasteiger partial charge in [-0.1, -0.05) is 24.3 Å². The highest BCUT2D eigenvalue weighted by atomic mass is 16.6. The van der Waals surface area contributed by atoms with Crippen LogP contribution in [0.15, 0.2) is 36.8 Å². The van der Waals surface area contributed by atoms with Crippen molar-refractivity contribution < 1.29 is 20.1 Å². The van der Waals surface area contributed by atoms with Crippen LogP contribution in [0, 0.1) is 0 Å². The number of ether oxygens (including phenoxy) is 1. The predicted octanol–water partition coefficient (Wildman–Crippen LogP) is 1.03. The number of hydrogen-bond donors (Lipinski definition) is 4. The van der Waals surface area contributed by atoms with E-state index >= 15 is 0 Å². The minimum Gasteiger partial charge on any atom is -0.394 e. The largest absolute Gasteiger partial charge is 0.394 e. The summed E-state index contributed by atoms with van der Waals surface area (Å²) in [6, 6.07) is 8.06. The lowest BCUT2D eigenvalue weighted by molar-refractivity contribution is -0.0948. The van der Waals surface area contributed by atoms with Gasteiger partial charge in [-0.15, -0.1) is 0 Å². The monoisotopic (exact) mass is 368 g/mol. The van der Waals surface area contributed by atoms with E-state index in [4.69, 9.17) is 4.74 Å². The minimum absolute atomic E-state index is 0.384. The van der Waals surface area contributed by atoms with Gasteiger partial charge in [-0.2, -0.15) is 0 Å². The second kappa shape index (κ2) is 5.74. The highest BCUT2D eigenvalue weighted by molar-refractivity contribution is 6.02. The molecule has 4 atom stereocenters. The zero-order valence-corrected chi connectivity index (χ0v) is 14.7. The molecule has 8 nitrogen and oxygen atoms in total. The maximum Gasteiger partial charge on any atom is 0.167 e. The second-order valence-corrected chi connectivity index (χ2v) is 7.26. The van der Waals surface area contributed by atoms with Gasteiger partial charge in [0.1, 0.15) is 35.6 Å². The van der Waals surface area contributed by atoms with Crippen LogP contribution in [0.3, 0.4) is 0 Å². The Kier molecular flexibility index (Phi) is 3.54. The van der Waals surface area contributed by atoms with Crippen molar-refractivity contribution in [3.05, 3.63) is 42.4 Å². The molecular formula is C19H20N4O4. The van der Waals surface area contributed by atoms with E-state index in [1.165, 1.54) is 13.3 Å². The highest BCUT2D eigenvalue weighted by Crippen LogP contribution is 2.44. The third kappa shape index (κ3) is 2.24. The van der Waals surface area contributed by atoms with Gasteiger partial charge in [-0.3, -0.25) is 0 Å². The molecule has 1 aromatic carbocycles. The van der Waals surface area contributed by atoms with E-state index in [1.54, 1.807) is 4.57 Å². The summed E-state index contributed by atoms with van der Waals surface area (Å²) in [6.45, 7) is 1.77. The number of anilines is 1. The molecule has 0 amide bonds. The molecule has 8 heteroatoms. The lowest BCUT2D eigenvalue weighted by atomic mass is 9.96. The molecule has 0 aliphatic carbocycles. The van der Waals surface area contributed by atoms with E-state index in [0.717, 1.165) is 22.1 Å². The molecule has 4 N–H and O–H groups in total. The number of benzene rings is 1. The first-order valence-electron chi connectivity index (χ1n) is 8.87. The van der Waals surface area contributed by atoms with Crippen LogP contribution in [0.2, 0.25) is 0 Å². The molecule has 2 aliphatic heterocycles. The summed E-state index contributed by atoms with van der Waals surface area (Å²) in [7, 11) is 0. The minimum atomic E-state index is -1.58. The first-order chi connectivity index (χ1) is 13.0. The third-order valence-electron chi connectivity index (χ3n) is 5.55. The fourth-order valence-electron chi connectivity index (χ4n) is 4.11. The molecule has 2 aliphatic rings. The normalized spacial score (nSPS) is 29.4. The zero-order valence-electron chi connectivity index (χ0n) is 14.7. The Morgan fingerprint density at radius 3 is 2.89 bits per heavy atom. The number of aromatic nitrogens is 3. The number of rotatable bonds is 2. The van der Waals surface area contributed by atoms with Crippen molar-refractivity contribution in [2.45, 2.75) is 37.5 Å². The molecule has 0 radical (unpaired) electrons. The van der Waals surface area contributed by atoms with Crippen molar-refractivity contribution in [1.82, 2.24) is 14.5 Å². The van der Waals surface area contributed by atoms with E-state index in [9.17, 15) is 15.3 Å². The van der Waals surface area contributed by atoms with Crippen LogP contribution in [0.4, 0.5) is 5.82 Å². The molecule has 2 unspecified atom stereocenters. The maximum atomic E-state index is 10.9. The van der Waals surface area contributed by atoms with Crippen molar-refractivity contribution in [2.24, 2.45) is 0 Å². The Morgan fingerprint density at radius 2 is 2.11 bits per heavy atom. The Morgan fingerprint density at radius 1 is 1.30 bits per heavy atom. The number of nitrogens with zero attached hydrogens (tertiary/aromatic N) is 3. The summed E-state index contributed by atoms with van der Waals surface area (Å²) in [5, 5.41) is 34.9. The number of fused-ring (bicyclic) bond motifs is 2. The summed E-state index contributed by atoms with van der Waals surface area (Å²) in [5.41, 5.74) is 2.12. The van der Waals surface area contributed by atoms with E-state index < -0.39 is 24.0 Å². The van der Waals surface area contributed by atoms with Gasteiger partial charge in [-0.25, -0.2) is 9.97 Å². The number of aliphatic hydroxyl groups excluding tert-OH is 2. The van der Waals surface area contributed by atoms with E-state index in [0.29, 0.717) is 18.0 Å². The SMILES string of the molecule is C[C@]1(O)C(n2cc3c4c(ncnc42)NCc2ccccc2-3)OC(CO)[C@H]1O. The molecule has 0 saturated carbocycles. The lowest BCUT2D eigenvalue weighted by Crippen LogP contribution is -2.44. The maximum absolute atomic E-state index is 10.9. The highest BCUT2D eigenvalue weighted by Gasteiger charge is 2.53. The van der Waals surface area contributed by atoms with Crippen LogP contribution in [-0.4, -0.2) is 54.3 Å². The summed E-state index contributed by atoms with van der Waals surface area (Å²) in [6.07, 6.45) is 0.360. The molecule has 1 saturated heterocycles. The Balaban J connectivity index is 1.76. The molecule has 0 bridgehead atoms. The van der Waals surface area contributed by atoms with E-state index in [2.05, 4.69) is 21.4 Å². The van der Waals surface area contributed by atoms with Gasteiger partial charge in [0.15, 0.2) is 6.23 Å². The topological polar surface area (TPSA) is 113 Å². The molecule has 3 aromatic rings. The van der Waals surface area contributed by atoms with Crippen molar-refractivity contribution >= 4 is 16.9 Å². The summed E-state index contributed by atoms with van der Waals surface area (Å²) < 4.78 is 7.52. The summed E-state index contributed by atoms with van der Waals surface area (Å²) in [5.74, 6) is 0.710. The molecular weight excluding hydrogens is 348 g/mol. The van der Waals surface area contributed by atoms with E-state index in [-0.39, 0.29) is 6.61 Å². The van der Waals surface area contributed by atoms with Crippen LogP contribution in [0.5, 0.6) is 0 Å². The lowest BCUT2D eigenvalue weighted by Gasteiger charge is -2.27. The van der Waals surface area contributed by atoms with Crippen LogP contribution in [0.25, 0.3) is 22.2 Å². The number of aliphatic hydroxyl groups is 3. The van der Waals surface area contributed by atoms with Gasteiger partial charge >= 0.3 is 0 Å². The smallest absolute Gasteiger partial charge is 0.167 e. The fraction of sp³-hybridized carbons (Fsp3) is 0.368. The third-order valence-corrected chi connectivity index (χ3v) is 5.55. The molecule has 140 valence electrons. The Bertz CT molecular complexity index is 1030. The van der Waals surface area contributed by atoms with Crippen molar-refractivity contribution in [3.8, 4) is 11.1 Å². The van der Waals surface area contributed by atoms with Gasteiger partial charge in [0.25, 0.3) is 0 Å². The predicted molar refractivity (Wildman–Crippen MR) is 97.9 cm³/mol. The van der Waals surface area contributed by atoms with Crippen molar-refractivity contribution in [2.75, 3.05) is 11.9 Å². The van der Waals surface area contributed by atoms with Crippen LogP contribution in [-0.2, 0) is 11.3 Å². The Labute approximate surface area is 155 Å². The second-order valence-electron chi connectivity index (χ2n) is 7.26. The van der Waals surface area contributed by atoms with Gasteiger partial charge in [0.05, 0.1) is 12.0 Å². The summed E-state index contributed by atoms with van der Waals surface area (Å²) >= 11 is 0. The standard InChI is InChI=1S/C19H20N4O4/c1-19(26)15(25)13(8-24)27-18(19)23-7-12-11-5-3-2-4-10(11)6-20-16-14(12)17(23)22-9-21-16/h2-5,7,9,13,15,18,24-26H,6,8H2,1H3,(H,20,21,22)/t13?,15-,18?,19-/m1/s1. The van der Waals surface area contributed by atoms with Crippen LogP contribution >= 0.6 is 0 Å².